The molecule has 0 saturated carbocycles. The van der Waals surface area contributed by atoms with E-state index in [0.717, 1.165) is 43.7 Å². The lowest BCUT2D eigenvalue weighted by atomic mass is 10.0. The van der Waals surface area contributed by atoms with Crippen molar-refractivity contribution in [2.24, 2.45) is 10.2 Å². The van der Waals surface area contributed by atoms with Gasteiger partial charge < -0.3 is 15.0 Å². The van der Waals surface area contributed by atoms with Crippen LogP contribution in [0.5, 0.6) is 0 Å². The van der Waals surface area contributed by atoms with Crippen LogP contribution >= 0.6 is 0 Å². The maximum atomic E-state index is 13.7. The lowest BCUT2D eigenvalue weighted by Gasteiger charge is -2.27. The van der Waals surface area contributed by atoms with E-state index in [9.17, 15) is 9.59 Å². The number of ether oxygens (including phenoxy) is 1. The number of benzene rings is 2. The van der Waals surface area contributed by atoms with Crippen molar-refractivity contribution < 1.29 is 14.3 Å². The number of amides is 2. The van der Waals surface area contributed by atoms with Crippen molar-refractivity contribution in [2.75, 3.05) is 62.7 Å². The van der Waals surface area contributed by atoms with E-state index < -0.39 is 6.04 Å². The summed E-state index contributed by atoms with van der Waals surface area (Å²) in [7, 11) is 0. The normalized spacial score (nSPS) is 21.8. The van der Waals surface area contributed by atoms with Crippen LogP contribution in [-0.4, -0.2) is 80.2 Å². The Balaban J connectivity index is 1.20. The minimum absolute atomic E-state index is 0.136. The van der Waals surface area contributed by atoms with E-state index in [1.165, 1.54) is 5.69 Å². The zero-order valence-electron chi connectivity index (χ0n) is 22.5. The Hall–Kier alpha value is -3.60. The summed E-state index contributed by atoms with van der Waals surface area (Å²) >= 11 is 0. The summed E-state index contributed by atoms with van der Waals surface area (Å²) in [6, 6.07) is 13.5. The molecule has 1 unspecified atom stereocenters. The van der Waals surface area contributed by atoms with Gasteiger partial charge in [0.05, 0.1) is 30.0 Å². The molecule has 0 radical (unpaired) electrons. The Morgan fingerprint density at radius 3 is 2.56 bits per heavy atom. The molecule has 1 aliphatic carbocycles. The zero-order valence-corrected chi connectivity index (χ0v) is 22.5. The lowest BCUT2D eigenvalue weighted by molar-refractivity contribution is 0.0207. The van der Waals surface area contributed by atoms with E-state index in [2.05, 4.69) is 56.8 Å². The topological polar surface area (TPSA) is 102 Å². The molecule has 10 nitrogen and oxygen atoms in total. The van der Waals surface area contributed by atoms with Crippen molar-refractivity contribution in [3.8, 4) is 0 Å². The Morgan fingerprint density at radius 1 is 1.00 bits per heavy atom. The molecule has 2 aromatic rings. The van der Waals surface area contributed by atoms with E-state index in [4.69, 9.17) is 4.74 Å². The van der Waals surface area contributed by atoms with Crippen molar-refractivity contribution in [2.45, 2.75) is 32.4 Å². The summed E-state index contributed by atoms with van der Waals surface area (Å²) in [4.78, 5) is 31.3. The van der Waals surface area contributed by atoms with Gasteiger partial charge in [0.1, 0.15) is 11.7 Å². The van der Waals surface area contributed by atoms with Gasteiger partial charge in [-0.05, 0) is 44.0 Å². The highest BCUT2D eigenvalue weighted by atomic mass is 16.5. The second-order valence-corrected chi connectivity index (χ2v) is 10.7. The Morgan fingerprint density at radius 2 is 1.79 bits per heavy atom. The standard InChI is InChI=1S/C29H35N7O3/c1-19(2)34-11-4-12-35(14-13-34)21-9-7-20(8-10-21)26-25-27(32-31-26)22-5-3-6-23(24(22)28(25)37)30-29(38)33-36-15-17-39-18-16-36/h3,5-10,19,27H,4,11-18H2,1-2H3,(H2,30,33,38). The molecule has 3 heterocycles. The van der Waals surface area contributed by atoms with Gasteiger partial charge >= 0.3 is 6.03 Å². The minimum atomic E-state index is -0.446. The van der Waals surface area contributed by atoms with Crippen LogP contribution < -0.4 is 15.6 Å². The number of nitrogens with one attached hydrogen (secondary N) is 2. The second kappa shape index (κ2) is 10.9. The number of anilines is 2. The van der Waals surface area contributed by atoms with Gasteiger partial charge in [-0.15, -0.1) is 0 Å². The Labute approximate surface area is 228 Å². The molecule has 1 atom stereocenters. The largest absolute Gasteiger partial charge is 0.379 e. The van der Waals surface area contributed by atoms with Gasteiger partial charge in [-0.3, -0.25) is 15.1 Å². The number of fused-ring (bicyclic) bond motifs is 3. The number of carbonyl (C=O) groups excluding carboxylic acids is 2. The molecule has 2 fully saturated rings. The summed E-state index contributed by atoms with van der Waals surface area (Å²) in [6.07, 6.45) is 1.14. The quantitative estimate of drug-likeness (QED) is 0.605. The molecule has 0 aromatic heterocycles. The average molecular weight is 530 g/mol. The number of morpholine rings is 1. The van der Waals surface area contributed by atoms with Crippen molar-refractivity contribution in [1.82, 2.24) is 15.3 Å². The number of ketones is 1. The minimum Gasteiger partial charge on any atom is -0.379 e. The SMILES string of the molecule is CC(C)N1CCCN(c2ccc(C3=C4C(=O)c5c(NC(=O)NN6CCOCC6)cccc5C4N=N3)cc2)CC1. The predicted molar refractivity (Wildman–Crippen MR) is 150 cm³/mol. The van der Waals surface area contributed by atoms with Crippen molar-refractivity contribution in [3.63, 3.8) is 0 Å². The fraction of sp³-hybridized carbons (Fsp3) is 0.448. The van der Waals surface area contributed by atoms with Gasteiger partial charge in [-0.2, -0.15) is 10.2 Å². The average Bonchev–Trinajstić information content (AvgIpc) is 3.38. The van der Waals surface area contributed by atoms with Gasteiger partial charge in [0, 0.05) is 56.6 Å². The maximum Gasteiger partial charge on any atom is 0.333 e. The van der Waals surface area contributed by atoms with Gasteiger partial charge in [0.25, 0.3) is 0 Å². The number of Topliss-reactive ketones (excluding diaryl/α,β-unsaturated/α-hetero) is 1. The first kappa shape index (κ1) is 25.7. The van der Waals surface area contributed by atoms with Crippen LogP contribution in [0.3, 0.4) is 0 Å². The first-order valence-electron chi connectivity index (χ1n) is 13.8. The zero-order chi connectivity index (χ0) is 26.9. The molecule has 4 aliphatic rings. The van der Waals surface area contributed by atoms with Crippen LogP contribution in [0.15, 0.2) is 58.3 Å². The highest BCUT2D eigenvalue weighted by molar-refractivity contribution is 6.22. The lowest BCUT2D eigenvalue weighted by Crippen LogP contribution is -2.49. The van der Waals surface area contributed by atoms with Crippen LogP contribution in [0.4, 0.5) is 16.2 Å². The third-order valence-corrected chi connectivity index (χ3v) is 7.95. The molecule has 2 N–H and O–H groups in total. The van der Waals surface area contributed by atoms with Gasteiger partial charge in [0.15, 0.2) is 5.78 Å². The maximum absolute atomic E-state index is 13.7. The first-order chi connectivity index (χ1) is 19.0. The van der Waals surface area contributed by atoms with Crippen LogP contribution in [0.2, 0.25) is 0 Å². The summed E-state index contributed by atoms with van der Waals surface area (Å²) < 4.78 is 5.33. The van der Waals surface area contributed by atoms with Crippen LogP contribution in [0.1, 0.15) is 47.8 Å². The molecule has 2 aromatic carbocycles. The van der Waals surface area contributed by atoms with Crippen molar-refractivity contribution in [3.05, 3.63) is 64.7 Å². The molecule has 3 aliphatic heterocycles. The fourth-order valence-corrected chi connectivity index (χ4v) is 5.82. The number of carbonyl (C=O) groups is 2. The number of urea groups is 1. The summed E-state index contributed by atoms with van der Waals surface area (Å²) in [6.45, 7) is 11.1. The number of hydrogen-bond donors (Lipinski definition) is 2. The van der Waals surface area contributed by atoms with Crippen molar-refractivity contribution >= 4 is 28.9 Å². The number of nitrogens with zero attached hydrogens (tertiary/aromatic N) is 5. The van der Waals surface area contributed by atoms with Crippen molar-refractivity contribution in [1.29, 1.82) is 0 Å². The van der Waals surface area contributed by atoms with E-state index in [-0.39, 0.29) is 11.8 Å². The molecular formula is C29H35N7O3. The number of hydrazine groups is 1. The Bertz CT molecular complexity index is 1310. The van der Waals surface area contributed by atoms with E-state index in [1.807, 2.05) is 29.3 Å². The van der Waals surface area contributed by atoms with Crippen LogP contribution in [0.25, 0.3) is 5.70 Å². The summed E-state index contributed by atoms with van der Waals surface area (Å²) in [5.74, 6) is -0.136. The van der Waals surface area contributed by atoms with Gasteiger partial charge in [-0.1, -0.05) is 24.3 Å². The fourth-order valence-electron chi connectivity index (χ4n) is 5.82. The molecule has 2 amide bonds. The predicted octanol–water partition coefficient (Wildman–Crippen LogP) is 4.09. The highest BCUT2D eigenvalue weighted by Crippen LogP contribution is 2.49. The van der Waals surface area contributed by atoms with E-state index in [1.54, 1.807) is 6.07 Å². The molecule has 10 heteroatoms. The van der Waals surface area contributed by atoms with E-state index >= 15 is 0 Å². The van der Waals surface area contributed by atoms with Crippen LogP contribution in [0, 0.1) is 0 Å². The summed E-state index contributed by atoms with van der Waals surface area (Å²) in [5.41, 5.74) is 7.81. The molecule has 6 rings (SSSR count). The number of rotatable bonds is 5. The number of hydrogen-bond acceptors (Lipinski definition) is 8. The molecular weight excluding hydrogens is 494 g/mol. The molecule has 204 valence electrons. The molecule has 2 saturated heterocycles. The Kier molecular flexibility index (Phi) is 7.16. The molecule has 39 heavy (non-hydrogen) atoms. The smallest absolute Gasteiger partial charge is 0.333 e. The monoisotopic (exact) mass is 529 g/mol. The summed E-state index contributed by atoms with van der Waals surface area (Å²) in [5, 5.41) is 13.6. The van der Waals surface area contributed by atoms with Crippen LogP contribution in [-0.2, 0) is 4.74 Å². The van der Waals surface area contributed by atoms with E-state index in [0.29, 0.717) is 54.9 Å². The third-order valence-electron chi connectivity index (χ3n) is 7.95. The third kappa shape index (κ3) is 5.07. The molecule has 0 bridgehead atoms. The first-order valence-corrected chi connectivity index (χ1v) is 13.8. The molecule has 0 spiro atoms. The number of azo groups is 1. The van der Waals surface area contributed by atoms with Gasteiger partial charge in [-0.25, -0.2) is 9.80 Å². The van der Waals surface area contributed by atoms with Gasteiger partial charge in [0.2, 0.25) is 0 Å². The second-order valence-electron chi connectivity index (χ2n) is 10.7. The highest BCUT2D eigenvalue weighted by Gasteiger charge is 2.42.